The third-order valence-electron chi connectivity index (χ3n) is 7.19. The second-order valence-electron chi connectivity index (χ2n) is 9.46. The average Bonchev–Trinajstić information content (AvgIpc) is 3.18. The lowest BCUT2D eigenvalue weighted by atomic mass is 10.1. The summed E-state index contributed by atoms with van der Waals surface area (Å²) in [6.07, 6.45) is 4.83. The summed E-state index contributed by atoms with van der Waals surface area (Å²) in [5.74, 6) is 2.09. The summed E-state index contributed by atoms with van der Waals surface area (Å²) in [5.41, 5.74) is 2.45. The summed E-state index contributed by atoms with van der Waals surface area (Å²) >= 11 is 0. The van der Waals surface area contributed by atoms with E-state index in [1.807, 2.05) is 11.9 Å². The van der Waals surface area contributed by atoms with Gasteiger partial charge in [-0.15, -0.1) is 0 Å². The van der Waals surface area contributed by atoms with E-state index in [1.54, 1.807) is 6.33 Å². The van der Waals surface area contributed by atoms with Gasteiger partial charge in [-0.1, -0.05) is 30.3 Å². The maximum atomic E-state index is 13.2. The van der Waals surface area contributed by atoms with E-state index in [-0.39, 0.29) is 11.9 Å². The molecule has 176 valence electrons. The molecule has 0 saturated carbocycles. The summed E-state index contributed by atoms with van der Waals surface area (Å²) in [6.45, 7) is 7.83. The van der Waals surface area contributed by atoms with E-state index in [0.717, 1.165) is 82.3 Å². The Labute approximate surface area is 196 Å². The maximum absolute atomic E-state index is 13.2. The Morgan fingerprint density at radius 3 is 2.58 bits per heavy atom. The Morgan fingerprint density at radius 2 is 1.76 bits per heavy atom. The molecule has 1 aromatic carbocycles. The van der Waals surface area contributed by atoms with Crippen molar-refractivity contribution in [2.75, 3.05) is 62.7 Å². The fraction of sp³-hybridized carbons (Fsp3) is 0.560. The molecule has 2 fully saturated rings. The van der Waals surface area contributed by atoms with E-state index in [0.29, 0.717) is 13.1 Å². The third kappa shape index (κ3) is 4.96. The van der Waals surface area contributed by atoms with Crippen LogP contribution in [0.3, 0.4) is 0 Å². The van der Waals surface area contributed by atoms with Crippen molar-refractivity contribution in [1.29, 1.82) is 0 Å². The number of rotatable bonds is 4. The molecule has 8 heteroatoms. The van der Waals surface area contributed by atoms with Crippen molar-refractivity contribution in [3.8, 4) is 0 Å². The number of nitrogens with zero attached hydrogens (tertiary/aromatic N) is 6. The normalized spacial score (nSPS) is 22.6. The number of carbonyl (C=O) groups excluding carboxylic acids is 1. The Morgan fingerprint density at radius 1 is 0.970 bits per heavy atom. The molecular formula is C25H35N7O. The summed E-state index contributed by atoms with van der Waals surface area (Å²) in [5, 5.41) is 3.47. The first kappa shape index (κ1) is 22.1. The maximum Gasteiger partial charge on any atom is 0.242 e. The van der Waals surface area contributed by atoms with Crippen LogP contribution in [0.4, 0.5) is 11.6 Å². The van der Waals surface area contributed by atoms with E-state index >= 15 is 0 Å². The average molecular weight is 450 g/mol. The highest BCUT2D eigenvalue weighted by Gasteiger charge is 2.33. The number of hydrogen-bond donors (Lipinski definition) is 1. The number of amides is 1. The SMILES string of the molecule is CN1CC(=O)N(C2CCCNCC2)Cc2c1ncnc2N1CCN(Cc2ccccc2)CC1. The van der Waals surface area contributed by atoms with Gasteiger partial charge in [0.2, 0.25) is 5.91 Å². The lowest BCUT2D eigenvalue weighted by Gasteiger charge is -2.37. The van der Waals surface area contributed by atoms with Gasteiger partial charge >= 0.3 is 0 Å². The second-order valence-corrected chi connectivity index (χ2v) is 9.46. The molecule has 0 aliphatic carbocycles. The molecular weight excluding hydrogens is 414 g/mol. The zero-order chi connectivity index (χ0) is 22.6. The molecule has 5 rings (SSSR count). The second kappa shape index (κ2) is 10.1. The number of hydrogen-bond acceptors (Lipinski definition) is 7. The fourth-order valence-electron chi connectivity index (χ4n) is 5.37. The number of anilines is 2. The quantitative estimate of drug-likeness (QED) is 0.762. The molecule has 3 aliphatic rings. The van der Waals surface area contributed by atoms with Crippen molar-refractivity contribution in [3.63, 3.8) is 0 Å². The predicted octanol–water partition coefficient (Wildman–Crippen LogP) is 1.72. The number of nitrogens with one attached hydrogen (secondary N) is 1. The van der Waals surface area contributed by atoms with Gasteiger partial charge in [-0.25, -0.2) is 9.97 Å². The van der Waals surface area contributed by atoms with Crippen LogP contribution in [-0.4, -0.2) is 84.6 Å². The van der Waals surface area contributed by atoms with Crippen LogP contribution in [0.5, 0.6) is 0 Å². The van der Waals surface area contributed by atoms with Gasteiger partial charge in [-0.3, -0.25) is 9.69 Å². The number of piperazine rings is 1. The highest BCUT2D eigenvalue weighted by Crippen LogP contribution is 2.32. The molecule has 0 spiro atoms. The summed E-state index contributed by atoms with van der Waals surface area (Å²) in [4.78, 5) is 31.6. The Balaban J connectivity index is 1.34. The molecule has 2 saturated heterocycles. The van der Waals surface area contributed by atoms with Crippen molar-refractivity contribution in [2.45, 2.75) is 38.4 Å². The standard InChI is InChI=1S/C25H35N7O/c1-29-18-23(33)32(21-8-5-10-26-11-9-21)17-22-24(29)27-19-28-25(22)31-14-12-30(13-15-31)16-20-6-3-2-4-7-20/h2-4,6-7,19,21,26H,5,8-18H2,1H3. The van der Waals surface area contributed by atoms with Gasteiger partial charge in [0.05, 0.1) is 18.7 Å². The smallest absolute Gasteiger partial charge is 0.242 e. The zero-order valence-corrected chi connectivity index (χ0v) is 19.6. The predicted molar refractivity (Wildman–Crippen MR) is 130 cm³/mol. The van der Waals surface area contributed by atoms with Gasteiger partial charge in [-0.2, -0.15) is 0 Å². The third-order valence-corrected chi connectivity index (χ3v) is 7.19. The van der Waals surface area contributed by atoms with Gasteiger partial charge in [0.1, 0.15) is 18.0 Å². The summed E-state index contributed by atoms with van der Waals surface area (Å²) in [6, 6.07) is 11.0. The number of aromatic nitrogens is 2. The monoisotopic (exact) mass is 449 g/mol. The van der Waals surface area contributed by atoms with Crippen LogP contribution in [0, 0.1) is 0 Å². The Bertz CT molecular complexity index is 937. The Kier molecular flexibility index (Phi) is 6.73. The fourth-order valence-corrected chi connectivity index (χ4v) is 5.37. The molecule has 8 nitrogen and oxygen atoms in total. The van der Waals surface area contributed by atoms with E-state index in [9.17, 15) is 4.79 Å². The number of likely N-dealkylation sites (N-methyl/N-ethyl adjacent to an activating group) is 1. The first-order valence-electron chi connectivity index (χ1n) is 12.3. The summed E-state index contributed by atoms with van der Waals surface area (Å²) in [7, 11) is 1.98. The first-order chi connectivity index (χ1) is 16.2. The molecule has 1 atom stereocenters. The molecule has 3 aliphatic heterocycles. The van der Waals surface area contributed by atoms with Crippen LogP contribution in [0.2, 0.25) is 0 Å². The first-order valence-corrected chi connectivity index (χ1v) is 12.3. The molecule has 33 heavy (non-hydrogen) atoms. The van der Waals surface area contributed by atoms with Crippen LogP contribution in [-0.2, 0) is 17.9 Å². The number of carbonyl (C=O) groups is 1. The number of fused-ring (bicyclic) bond motifs is 1. The van der Waals surface area contributed by atoms with Gasteiger partial charge in [-0.05, 0) is 37.9 Å². The van der Waals surface area contributed by atoms with Crippen LogP contribution in [0.1, 0.15) is 30.4 Å². The molecule has 4 heterocycles. The highest BCUT2D eigenvalue weighted by atomic mass is 16.2. The van der Waals surface area contributed by atoms with Crippen LogP contribution in [0.25, 0.3) is 0 Å². The van der Waals surface area contributed by atoms with E-state index in [4.69, 9.17) is 4.98 Å². The number of benzene rings is 1. The molecule has 0 radical (unpaired) electrons. The molecule has 1 amide bonds. The Hall–Kier alpha value is -2.71. The van der Waals surface area contributed by atoms with Crippen LogP contribution >= 0.6 is 0 Å². The zero-order valence-electron chi connectivity index (χ0n) is 19.6. The summed E-state index contributed by atoms with van der Waals surface area (Å²) < 4.78 is 0. The molecule has 1 unspecified atom stereocenters. The van der Waals surface area contributed by atoms with Crippen molar-refractivity contribution < 1.29 is 4.79 Å². The topological polar surface area (TPSA) is 67.8 Å². The van der Waals surface area contributed by atoms with Gasteiger partial charge in [0.15, 0.2) is 0 Å². The molecule has 1 aromatic heterocycles. The molecule has 2 aromatic rings. The largest absolute Gasteiger partial charge is 0.354 e. The van der Waals surface area contributed by atoms with E-state index < -0.39 is 0 Å². The van der Waals surface area contributed by atoms with Crippen molar-refractivity contribution in [3.05, 3.63) is 47.8 Å². The van der Waals surface area contributed by atoms with Gasteiger partial charge in [0.25, 0.3) is 0 Å². The minimum atomic E-state index is 0.195. The van der Waals surface area contributed by atoms with E-state index in [2.05, 4.69) is 55.3 Å². The molecule has 1 N–H and O–H groups in total. The lowest BCUT2D eigenvalue weighted by Crippen LogP contribution is -2.47. The van der Waals surface area contributed by atoms with Crippen LogP contribution in [0.15, 0.2) is 36.7 Å². The highest BCUT2D eigenvalue weighted by molar-refractivity contribution is 5.84. The van der Waals surface area contributed by atoms with E-state index in [1.165, 1.54) is 5.56 Å². The van der Waals surface area contributed by atoms with Crippen LogP contribution < -0.4 is 15.1 Å². The minimum absolute atomic E-state index is 0.195. The van der Waals surface area contributed by atoms with Gasteiger partial charge in [0, 0.05) is 45.8 Å². The minimum Gasteiger partial charge on any atom is -0.354 e. The van der Waals surface area contributed by atoms with Crippen molar-refractivity contribution in [1.82, 2.24) is 25.1 Å². The lowest BCUT2D eigenvalue weighted by molar-refractivity contribution is -0.132. The van der Waals surface area contributed by atoms with Crippen molar-refractivity contribution in [2.24, 2.45) is 0 Å². The van der Waals surface area contributed by atoms with Crippen molar-refractivity contribution >= 4 is 17.5 Å². The van der Waals surface area contributed by atoms with Gasteiger partial charge < -0.3 is 20.0 Å². The molecule has 0 bridgehead atoms.